The molecular weight excluding hydrogens is 454 g/mol. The number of H-pyrrole nitrogens is 1. The molecule has 1 aliphatic rings. The number of nitrogens with zero attached hydrogens (tertiary/aromatic N) is 1. The van der Waals surface area contributed by atoms with Crippen LogP contribution in [0.2, 0.25) is 0 Å². The molecule has 0 aliphatic carbocycles. The van der Waals surface area contributed by atoms with Gasteiger partial charge < -0.3 is 19.2 Å². The molecule has 34 heavy (non-hydrogen) atoms. The van der Waals surface area contributed by atoms with Gasteiger partial charge in [0.25, 0.3) is 10.2 Å². The molecule has 3 atom stereocenters. The van der Waals surface area contributed by atoms with E-state index < -0.39 is 10.2 Å². The lowest BCUT2D eigenvalue weighted by Gasteiger charge is -2.34. The van der Waals surface area contributed by atoms with Crippen LogP contribution in [0.25, 0.3) is 10.9 Å². The molecule has 3 unspecified atom stereocenters. The zero-order valence-corrected chi connectivity index (χ0v) is 20.9. The fourth-order valence-electron chi connectivity index (χ4n) is 4.57. The number of aromatic amines is 1. The van der Waals surface area contributed by atoms with Gasteiger partial charge in [-0.1, -0.05) is 24.3 Å². The van der Waals surface area contributed by atoms with Crippen molar-refractivity contribution >= 4 is 21.1 Å². The average molecular weight is 488 g/mol. The first-order chi connectivity index (χ1) is 16.3. The van der Waals surface area contributed by atoms with Crippen LogP contribution in [0, 0.1) is 0 Å². The van der Waals surface area contributed by atoms with E-state index >= 15 is 0 Å². The van der Waals surface area contributed by atoms with Crippen molar-refractivity contribution in [2.45, 2.75) is 38.9 Å². The van der Waals surface area contributed by atoms with Gasteiger partial charge in [0, 0.05) is 42.7 Å². The lowest BCUT2D eigenvalue weighted by atomic mass is 9.91. The highest BCUT2D eigenvalue weighted by Crippen LogP contribution is 2.36. The van der Waals surface area contributed by atoms with E-state index in [1.54, 1.807) is 7.11 Å². The number of methoxy groups -OCH3 is 1. The third-order valence-corrected chi connectivity index (χ3v) is 7.59. The molecule has 0 saturated carbocycles. The lowest BCUT2D eigenvalue weighted by Crippen LogP contribution is -2.52. The van der Waals surface area contributed by atoms with Crippen LogP contribution in [0.5, 0.6) is 11.5 Å². The van der Waals surface area contributed by atoms with Crippen molar-refractivity contribution in [1.82, 2.24) is 14.0 Å². The number of para-hydroxylation sites is 1. The van der Waals surface area contributed by atoms with Crippen molar-refractivity contribution in [3.63, 3.8) is 0 Å². The third-order valence-electron chi connectivity index (χ3n) is 6.08. The first kappa shape index (κ1) is 24.5. The van der Waals surface area contributed by atoms with Crippen LogP contribution in [-0.4, -0.2) is 63.3 Å². The minimum atomic E-state index is -3.69. The van der Waals surface area contributed by atoms with Gasteiger partial charge in [-0.15, -0.1) is 0 Å². The summed E-state index contributed by atoms with van der Waals surface area (Å²) in [5.74, 6) is 1.03. The predicted molar refractivity (Wildman–Crippen MR) is 133 cm³/mol. The van der Waals surface area contributed by atoms with Crippen LogP contribution in [0.1, 0.15) is 37.8 Å². The molecule has 8 nitrogen and oxygen atoms in total. The molecule has 1 aromatic heterocycles. The first-order valence-corrected chi connectivity index (χ1v) is 13.0. The van der Waals surface area contributed by atoms with Crippen molar-refractivity contribution in [1.29, 1.82) is 0 Å². The van der Waals surface area contributed by atoms with Gasteiger partial charge in [0.15, 0.2) is 11.5 Å². The lowest BCUT2D eigenvalue weighted by molar-refractivity contribution is -0.0443. The minimum absolute atomic E-state index is 0.153. The second-order valence-corrected chi connectivity index (χ2v) is 10.4. The maximum absolute atomic E-state index is 13.2. The predicted octanol–water partition coefficient (Wildman–Crippen LogP) is 3.65. The first-order valence-electron chi connectivity index (χ1n) is 11.6. The SMILES string of the molecule is CCOc1ccc(C(CNS(=O)(=O)N2CC(C)OC(C)C2)c2c[nH]c3ccccc23)cc1OC. The number of morpholine rings is 1. The Morgan fingerprint density at radius 3 is 2.59 bits per heavy atom. The molecule has 1 aliphatic heterocycles. The molecule has 3 aromatic rings. The summed E-state index contributed by atoms with van der Waals surface area (Å²) in [7, 11) is -2.09. The zero-order chi connectivity index (χ0) is 24.3. The Bertz CT molecular complexity index is 1220. The standard InChI is InChI=1S/C25H33N3O5S/c1-5-32-24-11-10-19(12-25(24)31-4)21(22-13-26-23-9-7-6-8-20(22)23)14-27-34(29,30)28-15-17(2)33-18(3)16-28/h6-13,17-18,21,26-27H,5,14-16H2,1-4H3. The summed E-state index contributed by atoms with van der Waals surface area (Å²) >= 11 is 0. The average Bonchev–Trinajstić information content (AvgIpc) is 3.23. The molecular formula is C25H33N3O5S. The fraction of sp³-hybridized carbons (Fsp3) is 0.440. The van der Waals surface area contributed by atoms with Crippen molar-refractivity contribution in [3.05, 3.63) is 59.8 Å². The van der Waals surface area contributed by atoms with Crippen LogP contribution in [-0.2, 0) is 14.9 Å². The molecule has 4 rings (SSSR count). The Hall–Kier alpha value is -2.59. The van der Waals surface area contributed by atoms with E-state index in [4.69, 9.17) is 14.2 Å². The molecule has 0 bridgehead atoms. The molecule has 0 amide bonds. The molecule has 0 spiro atoms. The molecule has 184 valence electrons. The van der Waals surface area contributed by atoms with E-state index in [1.807, 2.05) is 69.4 Å². The Morgan fingerprint density at radius 1 is 1.15 bits per heavy atom. The number of fused-ring (bicyclic) bond motifs is 1. The summed E-state index contributed by atoms with van der Waals surface area (Å²) in [5.41, 5.74) is 2.93. The maximum Gasteiger partial charge on any atom is 0.279 e. The maximum atomic E-state index is 13.2. The second-order valence-electron chi connectivity index (χ2n) is 8.61. The van der Waals surface area contributed by atoms with Gasteiger partial charge in [-0.2, -0.15) is 12.7 Å². The topological polar surface area (TPSA) is 92.9 Å². The van der Waals surface area contributed by atoms with Crippen molar-refractivity contribution in [3.8, 4) is 11.5 Å². The number of hydrogen-bond acceptors (Lipinski definition) is 5. The smallest absolute Gasteiger partial charge is 0.279 e. The highest BCUT2D eigenvalue weighted by atomic mass is 32.2. The Balaban J connectivity index is 1.68. The summed E-state index contributed by atoms with van der Waals surface area (Å²) in [5, 5.41) is 1.05. The summed E-state index contributed by atoms with van der Waals surface area (Å²) in [4.78, 5) is 3.31. The van der Waals surface area contributed by atoms with E-state index in [2.05, 4.69) is 9.71 Å². The van der Waals surface area contributed by atoms with Gasteiger partial charge in [-0.05, 0) is 50.1 Å². The van der Waals surface area contributed by atoms with Gasteiger partial charge in [-0.25, -0.2) is 4.72 Å². The van der Waals surface area contributed by atoms with Crippen molar-refractivity contribution < 1.29 is 22.6 Å². The van der Waals surface area contributed by atoms with Gasteiger partial charge in [0.1, 0.15) is 0 Å². The summed E-state index contributed by atoms with van der Waals surface area (Å²) in [6.45, 7) is 7.07. The fourth-order valence-corrected chi connectivity index (χ4v) is 5.94. The number of ether oxygens (including phenoxy) is 3. The van der Waals surface area contributed by atoms with Gasteiger partial charge in [0.2, 0.25) is 0 Å². The van der Waals surface area contributed by atoms with Crippen LogP contribution in [0.4, 0.5) is 0 Å². The van der Waals surface area contributed by atoms with Crippen LogP contribution >= 0.6 is 0 Å². The number of rotatable bonds is 9. The molecule has 2 aromatic carbocycles. The quantitative estimate of drug-likeness (QED) is 0.481. The Morgan fingerprint density at radius 2 is 1.88 bits per heavy atom. The van der Waals surface area contributed by atoms with E-state index in [9.17, 15) is 8.42 Å². The highest BCUT2D eigenvalue weighted by molar-refractivity contribution is 7.87. The Kier molecular flexibility index (Phi) is 7.47. The summed E-state index contributed by atoms with van der Waals surface area (Å²) in [6.07, 6.45) is 1.64. The van der Waals surface area contributed by atoms with Crippen LogP contribution < -0.4 is 14.2 Å². The highest BCUT2D eigenvalue weighted by Gasteiger charge is 2.32. The van der Waals surface area contributed by atoms with E-state index in [0.717, 1.165) is 22.0 Å². The van der Waals surface area contributed by atoms with Crippen molar-refractivity contribution in [2.24, 2.45) is 0 Å². The molecule has 1 saturated heterocycles. The number of nitrogens with one attached hydrogen (secondary N) is 2. The molecule has 2 N–H and O–H groups in total. The number of benzene rings is 2. The molecule has 1 fully saturated rings. The van der Waals surface area contributed by atoms with Crippen LogP contribution in [0.3, 0.4) is 0 Å². The van der Waals surface area contributed by atoms with Gasteiger partial charge in [-0.3, -0.25) is 0 Å². The molecule has 0 radical (unpaired) electrons. The monoisotopic (exact) mass is 487 g/mol. The van der Waals surface area contributed by atoms with E-state index in [0.29, 0.717) is 31.2 Å². The van der Waals surface area contributed by atoms with Gasteiger partial charge >= 0.3 is 0 Å². The molecule has 2 heterocycles. The van der Waals surface area contributed by atoms with Crippen LogP contribution in [0.15, 0.2) is 48.7 Å². The normalized spacial score (nSPS) is 20.4. The number of hydrogen-bond donors (Lipinski definition) is 2. The third kappa shape index (κ3) is 5.22. The minimum Gasteiger partial charge on any atom is -0.493 e. The second kappa shape index (κ2) is 10.4. The summed E-state index contributed by atoms with van der Waals surface area (Å²) < 4.78 is 47.7. The largest absolute Gasteiger partial charge is 0.493 e. The Labute approximate surface area is 201 Å². The van der Waals surface area contributed by atoms with E-state index in [1.165, 1.54) is 4.31 Å². The zero-order valence-electron chi connectivity index (χ0n) is 20.1. The van der Waals surface area contributed by atoms with E-state index in [-0.39, 0.29) is 24.7 Å². The number of aromatic nitrogens is 1. The summed E-state index contributed by atoms with van der Waals surface area (Å²) in [6, 6.07) is 13.8. The van der Waals surface area contributed by atoms with Crippen molar-refractivity contribution in [2.75, 3.05) is 33.4 Å². The van der Waals surface area contributed by atoms with Gasteiger partial charge in [0.05, 0.1) is 25.9 Å². The molecule has 9 heteroatoms.